The van der Waals surface area contributed by atoms with Crippen LogP contribution in [-0.4, -0.2) is 59.5 Å². The fourth-order valence-corrected chi connectivity index (χ4v) is 13.6. The second-order valence-electron chi connectivity index (χ2n) is 5.51. The third kappa shape index (κ3) is 5.62. The molecule has 0 amide bonds. The fourth-order valence-electron chi connectivity index (χ4n) is 2.93. The molecule has 0 aromatic rings. The lowest BCUT2D eigenvalue weighted by Gasteiger charge is -2.45. The van der Waals surface area contributed by atoms with Gasteiger partial charge in [0.1, 0.15) is 11.4 Å². The van der Waals surface area contributed by atoms with Crippen LogP contribution in [0.25, 0.3) is 0 Å². The minimum absolute atomic E-state index is 1.11. The molecular weight excluding hydrogens is 341 g/mol. The molecule has 138 valence electrons. The van der Waals surface area contributed by atoms with Gasteiger partial charge in [-0.05, 0) is 61.6 Å². The average molecular weight is 381 g/mol. The number of thioether (sulfide) groups is 1. The van der Waals surface area contributed by atoms with Crippen molar-refractivity contribution in [1.82, 2.24) is 14.0 Å². The molecule has 0 saturated heterocycles. The van der Waals surface area contributed by atoms with E-state index in [1.54, 1.807) is 0 Å². The maximum Gasteiger partial charge on any atom is 0.296 e. The second kappa shape index (κ2) is 12.2. The lowest BCUT2D eigenvalue weighted by Crippen LogP contribution is -2.43. The first-order valence-electron chi connectivity index (χ1n) is 8.99. The molecule has 0 aliphatic heterocycles. The van der Waals surface area contributed by atoms with Crippen LogP contribution >= 0.6 is 30.1 Å². The van der Waals surface area contributed by atoms with Crippen molar-refractivity contribution in [3.05, 3.63) is 9.81 Å². The first-order valence-corrected chi connectivity index (χ1v) is 13.3. The van der Waals surface area contributed by atoms with Crippen molar-refractivity contribution in [2.45, 2.75) is 55.4 Å². The maximum absolute atomic E-state index is 2.73. The van der Waals surface area contributed by atoms with Gasteiger partial charge in [-0.15, -0.1) is 25.8 Å². The van der Waals surface area contributed by atoms with E-state index in [0.29, 0.717) is 0 Å². The molecule has 0 atom stereocenters. The van der Waals surface area contributed by atoms with Crippen LogP contribution < -0.4 is 0 Å². The van der Waals surface area contributed by atoms with Gasteiger partial charge in [0.25, 0.3) is 6.92 Å². The van der Waals surface area contributed by atoms with Gasteiger partial charge in [-0.3, -0.25) is 0 Å². The van der Waals surface area contributed by atoms with Gasteiger partial charge in [-0.25, -0.2) is 0 Å². The largest absolute Gasteiger partial charge is 0.296 e. The zero-order valence-corrected chi connectivity index (χ0v) is 19.4. The molecule has 3 nitrogen and oxygen atoms in total. The van der Waals surface area contributed by atoms with Crippen molar-refractivity contribution in [3.63, 3.8) is 0 Å². The monoisotopic (exact) mass is 380 g/mol. The quantitative estimate of drug-likeness (QED) is 0.381. The number of hydrogen-bond donors (Lipinski definition) is 0. The number of rotatable bonds is 12. The van der Waals surface area contributed by atoms with Crippen LogP contribution in [0.2, 0.25) is 0 Å². The molecule has 0 aliphatic carbocycles. The van der Waals surface area contributed by atoms with Gasteiger partial charge in [-0.1, -0.05) is 5.57 Å². The highest BCUT2D eigenvalue weighted by Gasteiger charge is 2.56. The molecule has 0 radical (unpaired) electrons. The van der Waals surface area contributed by atoms with Crippen LogP contribution in [0.3, 0.4) is 0 Å². The fraction of sp³-hybridized carbons (Fsp3) is 0.882. The smallest absolute Gasteiger partial charge is 0.139 e. The van der Waals surface area contributed by atoms with Crippen molar-refractivity contribution in [1.29, 1.82) is 0 Å². The van der Waals surface area contributed by atoms with Crippen LogP contribution in [-0.2, 0) is 0 Å². The van der Waals surface area contributed by atoms with Crippen LogP contribution in [0.15, 0.2) is 9.81 Å². The Bertz CT molecular complexity index is 316. The zero-order chi connectivity index (χ0) is 18.0. The molecule has 0 spiro atoms. The Hall–Kier alpha value is 0.750. The minimum Gasteiger partial charge on any atom is -0.139 e. The summed E-state index contributed by atoms with van der Waals surface area (Å²) < 4.78 is 9.69. The normalized spacial score (nSPS) is 12.5. The van der Waals surface area contributed by atoms with Crippen molar-refractivity contribution >= 4 is 30.1 Å². The van der Waals surface area contributed by atoms with E-state index >= 15 is 0 Å². The highest BCUT2D eigenvalue weighted by Crippen LogP contribution is 2.79. The molecule has 23 heavy (non-hydrogen) atoms. The summed E-state index contributed by atoms with van der Waals surface area (Å²) in [4.78, 5) is 0. The van der Waals surface area contributed by atoms with E-state index in [2.05, 4.69) is 87.0 Å². The summed E-state index contributed by atoms with van der Waals surface area (Å²) in [5.41, 5.74) is 1.44. The van der Waals surface area contributed by atoms with E-state index in [4.69, 9.17) is 0 Å². The second-order valence-corrected chi connectivity index (χ2v) is 11.9. The summed E-state index contributed by atoms with van der Waals surface area (Å²) in [6.07, 6.45) is 2.22. The molecule has 0 aliphatic rings. The molecule has 0 rings (SSSR count). The van der Waals surface area contributed by atoms with E-state index in [-0.39, 0.29) is 0 Å². The molecule has 0 unspecified atom stereocenters. The standard InChI is InChI=1S/C17H39N3PS2/c1-10-18(11-2)21(19(12-3)13-4,20(14-5)15-6)23-17(22-9)16(7)8/h10-15H2,1-9H3/q+1. The topological polar surface area (TPSA) is 9.72 Å². The lowest BCUT2D eigenvalue weighted by molar-refractivity contribution is 0.346. The molecule has 0 heterocycles. The van der Waals surface area contributed by atoms with E-state index in [9.17, 15) is 0 Å². The Labute approximate surface area is 154 Å². The third-order valence-corrected chi connectivity index (χ3v) is 14.1. The van der Waals surface area contributed by atoms with E-state index in [0.717, 1.165) is 39.3 Å². The van der Waals surface area contributed by atoms with Crippen LogP contribution in [0, 0.1) is 0 Å². The predicted molar refractivity (Wildman–Crippen MR) is 115 cm³/mol. The first kappa shape index (κ1) is 23.8. The molecule has 0 aromatic carbocycles. The minimum atomic E-state index is -1.62. The number of nitrogens with zero attached hydrogens (tertiary/aromatic N) is 3. The van der Waals surface area contributed by atoms with Gasteiger partial charge in [0.15, 0.2) is 0 Å². The van der Waals surface area contributed by atoms with E-state index < -0.39 is 6.92 Å². The zero-order valence-electron chi connectivity index (χ0n) is 16.8. The Morgan fingerprint density at radius 2 is 1.00 bits per heavy atom. The van der Waals surface area contributed by atoms with Crippen LogP contribution in [0.5, 0.6) is 0 Å². The lowest BCUT2D eigenvalue weighted by atomic mass is 10.4. The summed E-state index contributed by atoms with van der Waals surface area (Å²) in [6, 6.07) is 0. The van der Waals surface area contributed by atoms with Gasteiger partial charge in [-0.2, -0.15) is 0 Å². The van der Waals surface area contributed by atoms with Gasteiger partial charge in [0.2, 0.25) is 0 Å². The highest BCUT2D eigenvalue weighted by atomic mass is 32.7. The summed E-state index contributed by atoms with van der Waals surface area (Å²) in [5, 5.41) is 0. The molecule has 0 aromatic heterocycles. The van der Waals surface area contributed by atoms with Crippen molar-refractivity contribution < 1.29 is 0 Å². The Morgan fingerprint density at radius 3 is 1.17 bits per heavy atom. The van der Waals surface area contributed by atoms with Crippen molar-refractivity contribution in [3.8, 4) is 0 Å². The summed E-state index contributed by atoms with van der Waals surface area (Å²) in [7, 11) is 0. The highest BCUT2D eigenvalue weighted by molar-refractivity contribution is 8.65. The van der Waals surface area contributed by atoms with Crippen LogP contribution in [0.4, 0.5) is 0 Å². The third-order valence-electron chi connectivity index (χ3n) is 4.09. The molecule has 0 bridgehead atoms. The Morgan fingerprint density at radius 1 is 0.696 bits per heavy atom. The predicted octanol–water partition coefficient (Wildman–Crippen LogP) is 6.04. The number of allylic oxidation sites excluding steroid dienone is 1. The Balaban J connectivity index is 6.27. The van der Waals surface area contributed by atoms with E-state index in [1.165, 1.54) is 9.81 Å². The maximum atomic E-state index is 2.73. The molecule has 0 saturated carbocycles. The molecule has 0 N–H and O–H groups in total. The van der Waals surface area contributed by atoms with Crippen LogP contribution in [0.1, 0.15) is 55.4 Å². The molecule has 6 heteroatoms. The summed E-state index contributed by atoms with van der Waals surface area (Å²) >= 11 is 4.06. The number of hydrogen-bond acceptors (Lipinski definition) is 5. The average Bonchev–Trinajstić information content (AvgIpc) is 2.55. The molecule has 0 fully saturated rings. The first-order chi connectivity index (χ1) is 10.9. The van der Waals surface area contributed by atoms with Gasteiger partial charge in [0.05, 0.1) is 4.24 Å². The summed E-state index contributed by atoms with van der Waals surface area (Å²) in [5.74, 6) is 0. The van der Waals surface area contributed by atoms with E-state index in [1.807, 2.05) is 11.8 Å². The van der Waals surface area contributed by atoms with Gasteiger partial charge in [0, 0.05) is 39.3 Å². The van der Waals surface area contributed by atoms with Crippen molar-refractivity contribution in [2.24, 2.45) is 0 Å². The van der Waals surface area contributed by atoms with Crippen molar-refractivity contribution in [2.75, 3.05) is 45.5 Å². The molecular formula is C17H39N3PS2+. The Kier molecular flexibility index (Phi) is 12.6. The van der Waals surface area contributed by atoms with Gasteiger partial charge >= 0.3 is 0 Å². The van der Waals surface area contributed by atoms with Gasteiger partial charge < -0.3 is 0 Å². The SMILES string of the molecule is CCN(CC)[P+](SC(SC)=C(C)C)(N(CC)CC)N(CC)CC. The summed E-state index contributed by atoms with van der Waals surface area (Å²) in [6.45, 7) is 23.4.